The maximum Gasteiger partial charge on any atom is 0.270 e. The van der Waals surface area contributed by atoms with Gasteiger partial charge in [-0.15, -0.1) is 0 Å². The van der Waals surface area contributed by atoms with Gasteiger partial charge >= 0.3 is 0 Å². The number of aryl methyl sites for hydroxylation is 3. The first-order chi connectivity index (χ1) is 16.9. The van der Waals surface area contributed by atoms with E-state index in [0.29, 0.717) is 35.3 Å². The van der Waals surface area contributed by atoms with Crippen LogP contribution in [0.25, 0.3) is 11.3 Å². The van der Waals surface area contributed by atoms with Gasteiger partial charge in [-0.05, 0) is 75.5 Å². The van der Waals surface area contributed by atoms with Crippen LogP contribution >= 0.6 is 0 Å². The molecule has 0 saturated heterocycles. The molecule has 2 saturated carbocycles. The van der Waals surface area contributed by atoms with Crippen LogP contribution in [0.1, 0.15) is 48.8 Å². The predicted molar refractivity (Wildman–Crippen MR) is 132 cm³/mol. The fourth-order valence-electron chi connectivity index (χ4n) is 5.18. The Kier molecular flexibility index (Phi) is 6.08. The van der Waals surface area contributed by atoms with Crippen molar-refractivity contribution in [3.05, 3.63) is 48.2 Å². The van der Waals surface area contributed by atoms with Crippen molar-refractivity contribution in [1.29, 1.82) is 0 Å². The quantitative estimate of drug-likeness (QED) is 0.437. The van der Waals surface area contributed by atoms with Gasteiger partial charge in [0.2, 0.25) is 5.91 Å². The standard InChI is InChI=1S/C26H32N6O3/c1-4-32-20(11-12-28-32)25(34)30-23(22(16-5-6-16)17-7-8-17)26(35)29-18-9-10-19(21(33)13-18)24-15(2)27-14-31(24)3/h9-14,16-17,22-23,33H,4-8H2,1-3H3,(H,29,35)(H,30,34)/t23-/m0/s1. The summed E-state index contributed by atoms with van der Waals surface area (Å²) < 4.78 is 3.48. The summed E-state index contributed by atoms with van der Waals surface area (Å²) in [6.45, 7) is 4.38. The largest absolute Gasteiger partial charge is 0.507 e. The fraction of sp³-hybridized carbons (Fsp3) is 0.462. The smallest absolute Gasteiger partial charge is 0.270 e. The van der Waals surface area contributed by atoms with E-state index in [-0.39, 0.29) is 23.5 Å². The first kappa shape index (κ1) is 23.1. The summed E-state index contributed by atoms with van der Waals surface area (Å²) >= 11 is 0. The van der Waals surface area contributed by atoms with Crippen LogP contribution in [0.5, 0.6) is 5.75 Å². The van der Waals surface area contributed by atoms with E-state index in [1.165, 1.54) is 0 Å². The molecule has 2 heterocycles. The van der Waals surface area contributed by atoms with E-state index < -0.39 is 6.04 Å². The third kappa shape index (κ3) is 4.67. The van der Waals surface area contributed by atoms with Gasteiger partial charge < -0.3 is 20.3 Å². The topological polar surface area (TPSA) is 114 Å². The molecule has 0 spiro atoms. The summed E-state index contributed by atoms with van der Waals surface area (Å²) in [5.74, 6) is 0.537. The van der Waals surface area contributed by atoms with Gasteiger partial charge in [-0.25, -0.2) is 4.98 Å². The lowest BCUT2D eigenvalue weighted by Gasteiger charge is -2.27. The molecule has 3 aromatic rings. The molecule has 0 bridgehead atoms. The number of nitrogens with one attached hydrogen (secondary N) is 2. The van der Waals surface area contributed by atoms with Crippen molar-refractivity contribution in [3.63, 3.8) is 0 Å². The summed E-state index contributed by atoms with van der Waals surface area (Å²) in [6, 6.07) is 6.13. The number of anilines is 1. The average molecular weight is 477 g/mol. The number of aromatic hydroxyl groups is 1. The lowest BCUT2D eigenvalue weighted by atomic mass is 9.88. The molecule has 1 atom stereocenters. The van der Waals surface area contributed by atoms with Crippen molar-refractivity contribution < 1.29 is 14.7 Å². The number of amides is 2. The van der Waals surface area contributed by atoms with Gasteiger partial charge in [0.1, 0.15) is 17.5 Å². The van der Waals surface area contributed by atoms with E-state index in [2.05, 4.69) is 20.7 Å². The van der Waals surface area contributed by atoms with Crippen molar-refractivity contribution in [2.45, 2.75) is 52.1 Å². The molecule has 35 heavy (non-hydrogen) atoms. The number of nitrogens with zero attached hydrogens (tertiary/aromatic N) is 4. The molecule has 2 amide bonds. The highest BCUT2D eigenvalue weighted by Crippen LogP contribution is 2.51. The molecule has 2 aliphatic carbocycles. The van der Waals surface area contributed by atoms with Gasteiger partial charge in [0.25, 0.3) is 5.91 Å². The first-order valence-electron chi connectivity index (χ1n) is 12.3. The van der Waals surface area contributed by atoms with Crippen molar-refractivity contribution in [1.82, 2.24) is 24.6 Å². The Morgan fingerprint density at radius 1 is 1.17 bits per heavy atom. The van der Waals surface area contributed by atoms with Crippen LogP contribution in [0.2, 0.25) is 0 Å². The molecule has 2 aliphatic rings. The third-order valence-electron chi connectivity index (χ3n) is 7.18. The van der Waals surface area contributed by atoms with Gasteiger partial charge in [0, 0.05) is 37.1 Å². The average Bonchev–Trinajstić information content (AvgIpc) is 3.76. The zero-order chi connectivity index (χ0) is 24.7. The van der Waals surface area contributed by atoms with Crippen molar-refractivity contribution >= 4 is 17.5 Å². The molecule has 9 heteroatoms. The summed E-state index contributed by atoms with van der Waals surface area (Å²) in [4.78, 5) is 31.0. The highest BCUT2D eigenvalue weighted by molar-refractivity contribution is 6.01. The summed E-state index contributed by atoms with van der Waals surface area (Å²) in [5, 5.41) is 20.9. The molecule has 2 aromatic heterocycles. The fourth-order valence-corrected chi connectivity index (χ4v) is 5.18. The molecule has 0 aliphatic heterocycles. The first-order valence-corrected chi connectivity index (χ1v) is 12.3. The van der Waals surface area contributed by atoms with Gasteiger partial charge in [-0.3, -0.25) is 14.3 Å². The van der Waals surface area contributed by atoms with Crippen LogP contribution in [0.3, 0.4) is 0 Å². The second-order valence-electron chi connectivity index (χ2n) is 9.75. The third-order valence-corrected chi connectivity index (χ3v) is 7.18. The van der Waals surface area contributed by atoms with Crippen LogP contribution < -0.4 is 10.6 Å². The minimum Gasteiger partial charge on any atom is -0.507 e. The SMILES string of the molecule is CCn1nccc1C(=O)N[C@H](C(=O)Nc1ccc(-c2c(C)ncn2C)c(O)c1)C(C1CC1)C1CC1. The minimum atomic E-state index is -0.649. The minimum absolute atomic E-state index is 0.0582. The van der Waals surface area contributed by atoms with E-state index in [0.717, 1.165) is 37.1 Å². The van der Waals surface area contributed by atoms with Crippen LogP contribution in [0.4, 0.5) is 5.69 Å². The van der Waals surface area contributed by atoms with E-state index >= 15 is 0 Å². The molecule has 9 nitrogen and oxygen atoms in total. The Balaban J connectivity index is 1.38. The monoisotopic (exact) mass is 476 g/mol. The zero-order valence-electron chi connectivity index (χ0n) is 20.4. The normalized spacial score (nSPS) is 16.3. The Labute approximate surface area is 204 Å². The molecular formula is C26H32N6O3. The van der Waals surface area contributed by atoms with E-state index in [1.54, 1.807) is 41.5 Å². The molecule has 1 aromatic carbocycles. The lowest BCUT2D eigenvalue weighted by Crippen LogP contribution is -2.50. The number of phenolic OH excluding ortho intramolecular Hbond substituents is 1. The maximum absolute atomic E-state index is 13.6. The summed E-state index contributed by atoms with van der Waals surface area (Å²) in [5.41, 5.74) is 3.21. The lowest BCUT2D eigenvalue weighted by molar-refractivity contribution is -0.119. The number of aromatic nitrogens is 4. The Morgan fingerprint density at radius 3 is 2.46 bits per heavy atom. The summed E-state index contributed by atoms with van der Waals surface area (Å²) in [6.07, 6.45) is 7.66. The Bertz CT molecular complexity index is 1220. The number of carbonyl (C=O) groups is 2. The van der Waals surface area contributed by atoms with Gasteiger partial charge in [-0.2, -0.15) is 5.10 Å². The van der Waals surface area contributed by atoms with Crippen LogP contribution in [0.15, 0.2) is 36.8 Å². The second kappa shape index (κ2) is 9.20. The number of hydrogen-bond donors (Lipinski definition) is 3. The van der Waals surface area contributed by atoms with Crippen molar-refractivity contribution in [3.8, 4) is 17.0 Å². The van der Waals surface area contributed by atoms with Crippen molar-refractivity contribution in [2.24, 2.45) is 24.8 Å². The van der Waals surface area contributed by atoms with Gasteiger partial charge in [-0.1, -0.05) is 0 Å². The maximum atomic E-state index is 13.6. The Hall–Kier alpha value is -3.62. The molecule has 2 fully saturated rings. The Morgan fingerprint density at radius 2 is 1.89 bits per heavy atom. The predicted octanol–water partition coefficient (Wildman–Crippen LogP) is 3.49. The zero-order valence-corrected chi connectivity index (χ0v) is 20.4. The van der Waals surface area contributed by atoms with Crippen LogP contribution in [-0.2, 0) is 18.4 Å². The molecule has 184 valence electrons. The number of carbonyl (C=O) groups excluding carboxylic acids is 2. The van der Waals surface area contributed by atoms with Crippen LogP contribution in [0, 0.1) is 24.7 Å². The number of imidazole rings is 1. The highest BCUT2D eigenvalue weighted by Gasteiger charge is 2.48. The number of phenols is 1. The van der Waals surface area contributed by atoms with Crippen molar-refractivity contribution in [2.75, 3.05) is 5.32 Å². The van der Waals surface area contributed by atoms with E-state index in [9.17, 15) is 14.7 Å². The molecular weight excluding hydrogens is 444 g/mol. The molecule has 5 rings (SSSR count). The molecule has 3 N–H and O–H groups in total. The van der Waals surface area contributed by atoms with Crippen LogP contribution in [-0.4, -0.2) is 42.3 Å². The number of hydrogen-bond acceptors (Lipinski definition) is 5. The number of rotatable bonds is 9. The highest BCUT2D eigenvalue weighted by atomic mass is 16.3. The summed E-state index contributed by atoms with van der Waals surface area (Å²) in [7, 11) is 1.87. The number of benzene rings is 1. The van der Waals surface area contributed by atoms with Gasteiger partial charge in [0.05, 0.1) is 17.7 Å². The second-order valence-corrected chi connectivity index (χ2v) is 9.75. The van der Waals surface area contributed by atoms with E-state index in [4.69, 9.17) is 0 Å². The molecule has 0 unspecified atom stereocenters. The molecule has 0 radical (unpaired) electrons. The van der Waals surface area contributed by atoms with Gasteiger partial charge in [0.15, 0.2) is 0 Å². The van der Waals surface area contributed by atoms with E-state index in [1.807, 2.05) is 25.5 Å².